The smallest absolute Gasteiger partial charge is 0.0799 e. The molecule has 3 heterocycles. The van der Waals surface area contributed by atoms with Crippen LogP contribution in [0.3, 0.4) is 0 Å². The zero-order valence-corrected chi connectivity index (χ0v) is 6.93. The lowest BCUT2D eigenvalue weighted by Crippen LogP contribution is -2.44. The maximum Gasteiger partial charge on any atom is 0.0799 e. The Kier molecular flexibility index (Phi) is 3.66. The van der Waals surface area contributed by atoms with E-state index in [0.717, 1.165) is 0 Å². The van der Waals surface area contributed by atoms with Crippen molar-refractivity contribution in [1.29, 1.82) is 0 Å². The molecule has 0 aromatic carbocycles. The van der Waals surface area contributed by atoms with Crippen molar-refractivity contribution < 1.29 is 0 Å². The van der Waals surface area contributed by atoms with Crippen molar-refractivity contribution in [3.63, 3.8) is 0 Å². The third-order valence-electron chi connectivity index (χ3n) is 2.11. The molecule has 0 amide bonds. The van der Waals surface area contributed by atoms with Crippen LogP contribution in [0.2, 0.25) is 11.2 Å². The van der Waals surface area contributed by atoms with E-state index in [2.05, 4.69) is 57.1 Å². The van der Waals surface area contributed by atoms with Crippen LogP contribution in [0.25, 0.3) is 0 Å². The Bertz CT molecular complexity index is 110. The van der Waals surface area contributed by atoms with Crippen LogP contribution < -0.4 is 0 Å². The van der Waals surface area contributed by atoms with Crippen LogP contribution in [0, 0.1) is 0 Å². The Labute approximate surface area is 82.8 Å². The minimum atomic E-state index is 0.586. The van der Waals surface area contributed by atoms with Crippen LogP contribution in [0.4, 0.5) is 0 Å². The summed E-state index contributed by atoms with van der Waals surface area (Å²) >= 11 is 0. The highest BCUT2D eigenvalue weighted by Gasteiger charge is 2.30. The summed E-state index contributed by atoms with van der Waals surface area (Å²) in [5.74, 6) is 0. The highest BCUT2D eigenvalue weighted by molar-refractivity contribution is 7.66. The molecule has 0 atom stereocenters. The third kappa shape index (κ3) is 2.57. The van der Waals surface area contributed by atoms with E-state index in [1.165, 1.54) is 0 Å². The van der Waals surface area contributed by atoms with Crippen LogP contribution >= 0.6 is 0 Å². The maximum atomic E-state index is 2.33. The first-order valence-corrected chi connectivity index (χ1v) is 4.33. The molecule has 0 saturated carbocycles. The standard InChI is InChI=1S/C2H2B10/c3-1-4-2(3)6-8-10-12-11-9-7-5-1/h1-2H. The summed E-state index contributed by atoms with van der Waals surface area (Å²) in [5, 5.41) is 0. The van der Waals surface area contributed by atoms with Gasteiger partial charge in [-0.2, -0.15) is 0 Å². The van der Waals surface area contributed by atoms with Gasteiger partial charge in [-0.3, -0.25) is 0 Å². The van der Waals surface area contributed by atoms with Gasteiger partial charge in [0.15, 0.2) is 0 Å². The van der Waals surface area contributed by atoms with Crippen molar-refractivity contribution in [2.75, 3.05) is 0 Å². The van der Waals surface area contributed by atoms with Gasteiger partial charge >= 0.3 is 0 Å². The molecule has 3 aliphatic rings. The first-order chi connectivity index (χ1) is 5.95. The molecule has 0 spiro atoms. The molecule has 0 nitrogen and oxygen atoms in total. The predicted octanol–water partition coefficient (Wildman–Crippen LogP) is -3.13. The van der Waals surface area contributed by atoms with E-state index >= 15 is 0 Å². The molecular formula is C2H2B10. The minimum Gasteiger partial charge on any atom is -0.131 e. The highest BCUT2D eigenvalue weighted by Crippen LogP contribution is 2.23. The van der Waals surface area contributed by atoms with Crippen LogP contribution in [0.1, 0.15) is 0 Å². The first-order valence-electron chi connectivity index (χ1n) is 4.33. The van der Waals surface area contributed by atoms with Gasteiger partial charge in [0, 0.05) is 56.7 Å². The van der Waals surface area contributed by atoms with E-state index in [-0.39, 0.29) is 0 Å². The van der Waals surface area contributed by atoms with E-state index < -0.39 is 0 Å². The van der Waals surface area contributed by atoms with Crippen molar-refractivity contribution in [3.05, 3.63) is 0 Å². The zero-order valence-electron chi connectivity index (χ0n) is 6.93. The number of hydrogen-bond acceptors (Lipinski definition) is 0. The molecular weight excluding hydrogens is 132 g/mol. The van der Waals surface area contributed by atoms with Gasteiger partial charge in [-0.15, -0.1) is 11.2 Å². The second kappa shape index (κ2) is 4.77. The van der Waals surface area contributed by atoms with Crippen LogP contribution in [-0.4, -0.2) is 71.3 Å². The SMILES string of the molecule is [B]1[B][B][B][B]C2[B]C([B][B][B]1)[B]2. The van der Waals surface area contributed by atoms with Crippen molar-refractivity contribution in [2.24, 2.45) is 0 Å². The summed E-state index contributed by atoms with van der Waals surface area (Å²) < 4.78 is 0. The summed E-state index contributed by atoms with van der Waals surface area (Å²) in [6.07, 6.45) is 0. The van der Waals surface area contributed by atoms with Gasteiger partial charge in [0.2, 0.25) is 0 Å². The first kappa shape index (κ1) is 9.21. The summed E-state index contributed by atoms with van der Waals surface area (Å²) in [5.41, 5.74) is 1.17. The second-order valence-corrected chi connectivity index (χ2v) is 3.08. The molecule has 40 valence electrons. The van der Waals surface area contributed by atoms with E-state index in [1.54, 1.807) is 0 Å². The van der Waals surface area contributed by atoms with Crippen molar-refractivity contribution in [1.82, 2.24) is 0 Å². The van der Waals surface area contributed by atoms with Crippen LogP contribution in [0.5, 0.6) is 0 Å². The Balaban J connectivity index is 1.73. The Morgan fingerprint density at radius 3 is 1.42 bits per heavy atom. The van der Waals surface area contributed by atoms with Crippen LogP contribution in [0.15, 0.2) is 0 Å². The van der Waals surface area contributed by atoms with Crippen LogP contribution in [-0.2, 0) is 0 Å². The molecule has 3 fully saturated rings. The topological polar surface area (TPSA) is 0 Å². The fraction of sp³-hybridized carbons (Fsp3) is 1.00. The molecule has 0 aliphatic carbocycles. The van der Waals surface area contributed by atoms with Crippen molar-refractivity contribution in [2.45, 2.75) is 11.2 Å². The zero-order chi connectivity index (χ0) is 8.23. The molecule has 3 aliphatic heterocycles. The number of fused-ring (bicyclic) bond motifs is 7. The summed E-state index contributed by atoms with van der Waals surface area (Å²) in [7, 11) is 21.5. The van der Waals surface area contributed by atoms with Gasteiger partial charge < -0.3 is 0 Å². The second-order valence-electron chi connectivity index (χ2n) is 3.08. The fourth-order valence-electron chi connectivity index (χ4n) is 1.39. The van der Waals surface area contributed by atoms with E-state index in [4.69, 9.17) is 0 Å². The van der Waals surface area contributed by atoms with Gasteiger partial charge in [-0.25, -0.2) is 0 Å². The quantitative estimate of drug-likeness (QED) is 0.307. The Morgan fingerprint density at radius 2 is 0.917 bits per heavy atom. The highest BCUT2D eigenvalue weighted by atomic mass is 13.8. The average molecular weight is 134 g/mol. The number of hydrogen-bond donors (Lipinski definition) is 0. The van der Waals surface area contributed by atoms with Gasteiger partial charge in [0.05, 0.1) is 14.6 Å². The van der Waals surface area contributed by atoms with E-state index in [9.17, 15) is 0 Å². The lowest BCUT2D eigenvalue weighted by atomic mass is 8.91. The molecule has 12 heavy (non-hydrogen) atoms. The molecule has 0 N–H and O–H groups in total. The summed E-state index contributed by atoms with van der Waals surface area (Å²) in [6, 6.07) is 0. The molecule has 3 saturated heterocycles. The minimum absolute atomic E-state index is 0.586. The Morgan fingerprint density at radius 1 is 0.500 bits per heavy atom. The average Bonchev–Trinajstić information content (AvgIpc) is 2.07. The van der Waals surface area contributed by atoms with Crippen molar-refractivity contribution in [3.8, 4) is 0 Å². The molecule has 10 radical (unpaired) electrons. The summed E-state index contributed by atoms with van der Waals surface area (Å²) in [4.78, 5) is 0. The van der Waals surface area contributed by atoms with E-state index in [0.29, 0.717) is 11.2 Å². The molecule has 10 heteroatoms. The molecule has 2 bridgehead atoms. The lowest BCUT2D eigenvalue weighted by molar-refractivity contribution is 1.50. The lowest BCUT2D eigenvalue weighted by Gasteiger charge is -2.33. The number of rotatable bonds is 0. The summed E-state index contributed by atoms with van der Waals surface area (Å²) in [6.45, 7) is 0. The van der Waals surface area contributed by atoms with Crippen molar-refractivity contribution >= 4 is 71.3 Å². The fourth-order valence-corrected chi connectivity index (χ4v) is 1.39. The monoisotopic (exact) mass is 136 g/mol. The van der Waals surface area contributed by atoms with Gasteiger partial charge in [0.1, 0.15) is 0 Å². The Hall–Kier alpha value is 0.649. The normalized spacial score (nSPS) is 31.3. The molecule has 3 rings (SSSR count). The molecule has 0 unspecified atom stereocenters. The van der Waals surface area contributed by atoms with E-state index in [1.807, 2.05) is 14.1 Å². The van der Waals surface area contributed by atoms with Gasteiger partial charge in [-0.1, -0.05) is 0 Å². The van der Waals surface area contributed by atoms with Gasteiger partial charge in [0.25, 0.3) is 0 Å². The third-order valence-corrected chi connectivity index (χ3v) is 2.11. The largest absolute Gasteiger partial charge is 0.131 e. The maximum absolute atomic E-state index is 2.33. The molecule has 0 aromatic heterocycles. The predicted molar refractivity (Wildman–Crippen MR) is 65.0 cm³/mol. The molecule has 0 aromatic rings. The van der Waals surface area contributed by atoms with Gasteiger partial charge in [-0.05, 0) is 0 Å².